The summed E-state index contributed by atoms with van der Waals surface area (Å²) in [6.45, 7) is 6.23. The largest absolute Gasteiger partial charge is 0.515 e. The molecule has 1 N–H and O–H groups in total. The van der Waals surface area contributed by atoms with Gasteiger partial charge in [0.15, 0.2) is 0 Å². The summed E-state index contributed by atoms with van der Waals surface area (Å²) in [5, 5.41) is 9.65. The van der Waals surface area contributed by atoms with E-state index in [1.165, 1.54) is 0 Å². The van der Waals surface area contributed by atoms with Crippen LogP contribution in [0.4, 0.5) is 0 Å². The van der Waals surface area contributed by atoms with Gasteiger partial charge in [0.2, 0.25) is 11.6 Å². The number of hydrogen-bond acceptors (Lipinski definition) is 4. The molecule has 2 aliphatic rings. The number of carbonyl (C=O) groups is 2. The Balaban J connectivity index is 2.09. The van der Waals surface area contributed by atoms with Crippen LogP contribution in [0.5, 0.6) is 0 Å². The first-order valence-electron chi connectivity index (χ1n) is 8.44. The predicted molar refractivity (Wildman–Crippen MR) is 91.2 cm³/mol. The number of hydrogen-bond donors (Lipinski definition) is 1. The van der Waals surface area contributed by atoms with Crippen molar-refractivity contribution in [3.05, 3.63) is 42.1 Å². The summed E-state index contributed by atoms with van der Waals surface area (Å²) in [7, 11) is 0. The van der Waals surface area contributed by atoms with E-state index in [9.17, 15) is 14.7 Å². The van der Waals surface area contributed by atoms with E-state index in [-0.39, 0.29) is 34.0 Å². The maximum absolute atomic E-state index is 12.8. The zero-order valence-electron chi connectivity index (χ0n) is 14.4. The minimum absolute atomic E-state index is 0.205. The third-order valence-electron chi connectivity index (χ3n) is 5.93. The lowest BCUT2D eigenvalue weighted by Gasteiger charge is -2.55. The monoisotopic (exact) mass is 328 g/mol. The molecule has 3 atom stereocenters. The van der Waals surface area contributed by atoms with E-state index in [0.717, 1.165) is 31.1 Å². The molecule has 0 radical (unpaired) electrons. The molecule has 4 heteroatoms. The second-order valence-corrected chi connectivity index (χ2v) is 7.95. The van der Waals surface area contributed by atoms with Gasteiger partial charge >= 0.3 is 0 Å². The van der Waals surface area contributed by atoms with Gasteiger partial charge in [-0.15, -0.1) is 0 Å². The minimum atomic E-state index is -0.545. The Hall–Kier alpha value is -2.10. The molecule has 0 spiro atoms. The molecule has 0 bridgehead atoms. The van der Waals surface area contributed by atoms with Gasteiger partial charge in [0.25, 0.3) is 0 Å². The van der Waals surface area contributed by atoms with Crippen LogP contribution < -0.4 is 0 Å². The van der Waals surface area contributed by atoms with Crippen LogP contribution in [0.3, 0.4) is 0 Å². The highest BCUT2D eigenvalue weighted by Crippen LogP contribution is 2.59. The van der Waals surface area contributed by atoms with Gasteiger partial charge < -0.3 is 9.52 Å². The van der Waals surface area contributed by atoms with Crippen LogP contribution >= 0.6 is 0 Å². The molecular weight excluding hydrogens is 304 g/mol. The molecule has 1 aromatic rings. The first-order valence-corrected chi connectivity index (χ1v) is 8.44. The predicted octanol–water partition coefficient (Wildman–Crippen LogP) is 4.34. The number of ketones is 2. The lowest BCUT2D eigenvalue weighted by Crippen LogP contribution is -2.56. The molecule has 1 aromatic heterocycles. The summed E-state index contributed by atoms with van der Waals surface area (Å²) in [6, 6.07) is 1.83. The third kappa shape index (κ3) is 2.45. The lowest BCUT2D eigenvalue weighted by atomic mass is 9.47. The quantitative estimate of drug-likeness (QED) is 0.498. The summed E-state index contributed by atoms with van der Waals surface area (Å²) >= 11 is 0. The number of fused-ring (bicyclic) bond motifs is 1. The summed E-state index contributed by atoms with van der Waals surface area (Å²) in [5.74, 6) is -1.51. The van der Waals surface area contributed by atoms with Crippen LogP contribution in [0.15, 0.2) is 40.9 Å². The smallest absolute Gasteiger partial charge is 0.228 e. The Morgan fingerprint density at radius 2 is 2.00 bits per heavy atom. The van der Waals surface area contributed by atoms with Crippen molar-refractivity contribution in [2.75, 3.05) is 0 Å². The van der Waals surface area contributed by atoms with Gasteiger partial charge in [-0.1, -0.05) is 39.3 Å². The molecule has 24 heavy (non-hydrogen) atoms. The van der Waals surface area contributed by atoms with Crippen molar-refractivity contribution < 1.29 is 19.1 Å². The fourth-order valence-electron chi connectivity index (χ4n) is 4.91. The van der Waals surface area contributed by atoms with Gasteiger partial charge in [-0.3, -0.25) is 9.59 Å². The van der Waals surface area contributed by atoms with Gasteiger partial charge in [-0.2, -0.15) is 0 Å². The van der Waals surface area contributed by atoms with Gasteiger partial charge in [-0.05, 0) is 29.7 Å². The van der Waals surface area contributed by atoms with E-state index >= 15 is 0 Å². The fraction of sp³-hybridized carbons (Fsp3) is 0.500. The van der Waals surface area contributed by atoms with Crippen molar-refractivity contribution >= 4 is 17.6 Å². The SMILES string of the molecule is CC1(C)CCCC2(C)C(C=Cc3ccoc3)C(=CO)C(=O)C(=O)C12. The Morgan fingerprint density at radius 1 is 1.25 bits per heavy atom. The van der Waals surface area contributed by atoms with Gasteiger partial charge in [0.1, 0.15) is 0 Å². The number of allylic oxidation sites excluding steroid dienone is 2. The second-order valence-electron chi connectivity index (χ2n) is 7.95. The van der Waals surface area contributed by atoms with Gasteiger partial charge in [-0.25, -0.2) is 0 Å². The standard InChI is InChI=1S/C20H24O4/c1-19(2)8-4-9-20(3)15(6-5-13-7-10-24-12-13)14(11-21)16(22)17(23)18(19)20/h5-7,10-12,15,18,21H,4,8-9H2,1-3H3. The van der Waals surface area contributed by atoms with Crippen molar-refractivity contribution in [2.45, 2.75) is 40.0 Å². The molecule has 2 fully saturated rings. The molecule has 0 aliphatic heterocycles. The van der Waals surface area contributed by atoms with Gasteiger partial charge in [0, 0.05) is 23.0 Å². The zero-order chi connectivity index (χ0) is 17.5. The summed E-state index contributed by atoms with van der Waals surface area (Å²) < 4.78 is 5.07. The van der Waals surface area contributed by atoms with E-state index < -0.39 is 5.78 Å². The highest BCUT2D eigenvalue weighted by Gasteiger charge is 2.59. The highest BCUT2D eigenvalue weighted by molar-refractivity contribution is 6.45. The Bertz CT molecular complexity index is 708. The number of rotatable bonds is 2. The normalized spacial score (nSPS) is 34.7. The Labute approximate surface area is 142 Å². The molecule has 3 rings (SSSR count). The van der Waals surface area contributed by atoms with E-state index in [0.29, 0.717) is 0 Å². The third-order valence-corrected chi connectivity index (χ3v) is 5.93. The lowest BCUT2D eigenvalue weighted by molar-refractivity contribution is -0.152. The molecule has 0 aromatic carbocycles. The van der Waals surface area contributed by atoms with Gasteiger partial charge in [0.05, 0.1) is 18.8 Å². The van der Waals surface area contributed by atoms with Crippen LogP contribution in [0.2, 0.25) is 0 Å². The molecular formula is C20H24O4. The fourth-order valence-corrected chi connectivity index (χ4v) is 4.91. The molecule has 4 nitrogen and oxygen atoms in total. The molecule has 3 unspecified atom stereocenters. The number of aliphatic hydroxyl groups excluding tert-OH is 1. The van der Waals surface area contributed by atoms with Crippen LogP contribution in [0, 0.1) is 22.7 Å². The van der Waals surface area contributed by atoms with Crippen LogP contribution in [0.25, 0.3) is 6.08 Å². The average molecular weight is 328 g/mol. The number of furan rings is 1. The van der Waals surface area contributed by atoms with Crippen LogP contribution in [-0.2, 0) is 9.59 Å². The van der Waals surface area contributed by atoms with Crippen LogP contribution in [-0.4, -0.2) is 16.7 Å². The minimum Gasteiger partial charge on any atom is -0.515 e. The number of Topliss-reactive ketones (excluding diaryl/α,β-unsaturated/α-hetero) is 2. The first-order chi connectivity index (χ1) is 11.3. The van der Waals surface area contributed by atoms with Crippen molar-refractivity contribution in [3.8, 4) is 0 Å². The number of aliphatic hydroxyl groups is 1. The molecule has 2 saturated carbocycles. The van der Waals surface area contributed by atoms with E-state index in [4.69, 9.17) is 4.42 Å². The number of carbonyl (C=O) groups excluding carboxylic acids is 2. The molecule has 1 heterocycles. The summed E-state index contributed by atoms with van der Waals surface area (Å²) in [6.07, 6.45) is 10.7. The Kier molecular flexibility index (Phi) is 4.02. The first kappa shape index (κ1) is 16.7. The highest BCUT2D eigenvalue weighted by atomic mass is 16.3. The van der Waals surface area contributed by atoms with E-state index in [1.807, 2.05) is 18.2 Å². The van der Waals surface area contributed by atoms with Crippen molar-refractivity contribution in [3.63, 3.8) is 0 Å². The van der Waals surface area contributed by atoms with Crippen molar-refractivity contribution in [2.24, 2.45) is 22.7 Å². The molecule has 128 valence electrons. The van der Waals surface area contributed by atoms with E-state index in [2.05, 4.69) is 20.8 Å². The summed E-state index contributed by atoms with van der Waals surface area (Å²) in [5.41, 5.74) is 0.507. The maximum Gasteiger partial charge on any atom is 0.228 e. The molecule has 2 aliphatic carbocycles. The summed E-state index contributed by atoms with van der Waals surface area (Å²) in [4.78, 5) is 25.4. The zero-order valence-corrected chi connectivity index (χ0v) is 14.4. The topological polar surface area (TPSA) is 67.5 Å². The van der Waals surface area contributed by atoms with Crippen molar-refractivity contribution in [1.29, 1.82) is 0 Å². The second kappa shape index (κ2) is 5.76. The molecule has 0 saturated heterocycles. The molecule has 0 amide bonds. The van der Waals surface area contributed by atoms with E-state index in [1.54, 1.807) is 12.5 Å². The Morgan fingerprint density at radius 3 is 2.62 bits per heavy atom. The maximum atomic E-state index is 12.8. The van der Waals surface area contributed by atoms with Crippen molar-refractivity contribution in [1.82, 2.24) is 0 Å². The average Bonchev–Trinajstić information content (AvgIpc) is 3.01. The van der Waals surface area contributed by atoms with Crippen LogP contribution in [0.1, 0.15) is 45.6 Å².